The van der Waals surface area contributed by atoms with E-state index in [0.29, 0.717) is 63.1 Å². The highest BCUT2D eigenvalue weighted by Crippen LogP contribution is 2.35. The van der Waals surface area contributed by atoms with Crippen LogP contribution in [0.4, 0.5) is 16.2 Å². The van der Waals surface area contributed by atoms with Crippen LogP contribution in [0.25, 0.3) is 6.08 Å². The van der Waals surface area contributed by atoms with E-state index in [1.54, 1.807) is 11.0 Å². The fourth-order valence-electron chi connectivity index (χ4n) is 6.56. The van der Waals surface area contributed by atoms with Gasteiger partial charge in [0.05, 0.1) is 4.92 Å². The molecule has 214 valence electrons. The second-order valence-electron chi connectivity index (χ2n) is 11.3. The third-order valence-electron chi connectivity index (χ3n) is 8.78. The third-order valence-corrected chi connectivity index (χ3v) is 8.78. The molecule has 4 aliphatic rings. The lowest BCUT2D eigenvalue weighted by atomic mass is 9.90. The van der Waals surface area contributed by atoms with Gasteiger partial charge in [-0.3, -0.25) is 34.3 Å². The molecule has 0 unspecified atom stereocenters. The minimum absolute atomic E-state index is 0.0145. The van der Waals surface area contributed by atoms with Gasteiger partial charge < -0.3 is 9.80 Å². The first kappa shape index (κ1) is 27.8. The van der Waals surface area contributed by atoms with E-state index >= 15 is 0 Å². The number of carbonyl (C=O) groups is 4. The van der Waals surface area contributed by atoms with Crippen LogP contribution in [-0.2, 0) is 14.4 Å². The number of hydrogen-bond donors (Lipinski definition) is 0. The van der Waals surface area contributed by atoms with Crippen LogP contribution in [0.3, 0.4) is 0 Å². The summed E-state index contributed by atoms with van der Waals surface area (Å²) in [6.45, 7) is 3.54. The van der Waals surface area contributed by atoms with E-state index in [-0.39, 0.29) is 29.3 Å². The number of benzene rings is 1. The average Bonchev–Trinajstić information content (AvgIpc) is 2.96. The highest BCUT2D eigenvalue weighted by Gasteiger charge is 2.47. The first-order chi connectivity index (χ1) is 19.3. The van der Waals surface area contributed by atoms with E-state index in [2.05, 4.69) is 0 Å². The summed E-state index contributed by atoms with van der Waals surface area (Å²) in [6.07, 6.45) is 10.0. The molecule has 0 radical (unpaired) electrons. The summed E-state index contributed by atoms with van der Waals surface area (Å²) in [5, 5.41) is 11.7. The van der Waals surface area contributed by atoms with E-state index in [0.717, 1.165) is 38.5 Å². The standard InChI is InChI=1S/C29H37N5O6/c1-20(35)30-14-16-31(17-15-30)26-13-12-24(34(39)40)18-21(26)19-25-27(36)32(22-8-4-2-5-9-22)29(38)33(28(25)37)23-10-6-3-7-11-23/h12-13,18-19,22-23H,2-11,14-17H2,1H3. The highest BCUT2D eigenvalue weighted by atomic mass is 16.6. The summed E-state index contributed by atoms with van der Waals surface area (Å²) < 4.78 is 0. The fraction of sp³-hybridized carbons (Fsp3) is 0.586. The number of non-ortho nitro benzene ring substituents is 1. The van der Waals surface area contributed by atoms with Crippen LogP contribution in [0.2, 0.25) is 0 Å². The number of piperazine rings is 1. The summed E-state index contributed by atoms with van der Waals surface area (Å²) >= 11 is 0. The zero-order valence-electron chi connectivity index (χ0n) is 23.0. The topological polar surface area (TPSA) is 124 Å². The van der Waals surface area contributed by atoms with Crippen LogP contribution >= 0.6 is 0 Å². The van der Waals surface area contributed by atoms with Gasteiger partial charge in [0.15, 0.2) is 0 Å². The Kier molecular flexibility index (Phi) is 8.18. The van der Waals surface area contributed by atoms with Gasteiger partial charge in [0.1, 0.15) is 5.57 Å². The van der Waals surface area contributed by atoms with Gasteiger partial charge in [0, 0.05) is 68.6 Å². The maximum absolute atomic E-state index is 13.9. The number of nitro groups is 1. The number of amides is 5. The monoisotopic (exact) mass is 551 g/mol. The quantitative estimate of drug-likeness (QED) is 0.233. The lowest BCUT2D eigenvalue weighted by Gasteiger charge is -2.43. The first-order valence-electron chi connectivity index (χ1n) is 14.5. The lowest BCUT2D eigenvalue weighted by molar-refractivity contribution is -0.384. The van der Waals surface area contributed by atoms with Crippen LogP contribution in [0.1, 0.15) is 76.7 Å². The molecule has 4 fully saturated rings. The third kappa shape index (κ3) is 5.46. The van der Waals surface area contributed by atoms with E-state index in [4.69, 9.17) is 0 Å². The molecule has 1 aromatic rings. The molecule has 5 amide bonds. The molecule has 2 aliphatic heterocycles. The van der Waals surface area contributed by atoms with Crippen LogP contribution in [0, 0.1) is 10.1 Å². The number of urea groups is 1. The maximum atomic E-state index is 13.9. The van der Waals surface area contributed by atoms with Crippen molar-refractivity contribution in [3.8, 4) is 0 Å². The van der Waals surface area contributed by atoms with Crippen molar-refractivity contribution in [2.24, 2.45) is 0 Å². The molecule has 0 N–H and O–H groups in total. The van der Waals surface area contributed by atoms with Crippen molar-refractivity contribution >= 4 is 41.2 Å². The van der Waals surface area contributed by atoms with E-state index in [9.17, 15) is 29.3 Å². The molecule has 5 rings (SSSR count). The Morgan fingerprint density at radius 2 is 1.38 bits per heavy atom. The second kappa shape index (κ2) is 11.8. The Morgan fingerprint density at radius 3 is 1.85 bits per heavy atom. The highest BCUT2D eigenvalue weighted by molar-refractivity contribution is 6.31. The van der Waals surface area contributed by atoms with E-state index < -0.39 is 22.8 Å². The number of barbiturate groups is 1. The number of anilines is 1. The predicted octanol–water partition coefficient (Wildman–Crippen LogP) is 4.10. The molecule has 11 heteroatoms. The number of nitro benzene ring substituents is 1. The zero-order chi connectivity index (χ0) is 28.4. The summed E-state index contributed by atoms with van der Waals surface area (Å²) in [7, 11) is 0. The van der Waals surface area contributed by atoms with Crippen molar-refractivity contribution in [1.29, 1.82) is 0 Å². The molecule has 2 saturated carbocycles. The first-order valence-corrected chi connectivity index (χ1v) is 14.5. The smallest absolute Gasteiger partial charge is 0.334 e. The Hall–Kier alpha value is -3.76. The number of imide groups is 2. The molecule has 40 heavy (non-hydrogen) atoms. The van der Waals surface area contributed by atoms with Gasteiger partial charge in [0.2, 0.25) is 5.91 Å². The lowest BCUT2D eigenvalue weighted by Crippen LogP contribution is -2.62. The Bertz CT molecular complexity index is 1180. The summed E-state index contributed by atoms with van der Waals surface area (Å²) in [6, 6.07) is 3.37. The van der Waals surface area contributed by atoms with Crippen molar-refractivity contribution < 1.29 is 24.1 Å². The van der Waals surface area contributed by atoms with Crippen molar-refractivity contribution in [2.45, 2.75) is 83.2 Å². The molecular formula is C29H37N5O6. The van der Waals surface area contributed by atoms with E-state index in [1.165, 1.54) is 34.9 Å². The molecule has 1 aromatic carbocycles. The molecule has 0 atom stereocenters. The van der Waals surface area contributed by atoms with Crippen molar-refractivity contribution in [3.05, 3.63) is 39.4 Å². The van der Waals surface area contributed by atoms with Crippen molar-refractivity contribution in [1.82, 2.24) is 14.7 Å². The second-order valence-corrected chi connectivity index (χ2v) is 11.3. The van der Waals surface area contributed by atoms with Gasteiger partial charge in [-0.05, 0) is 37.8 Å². The molecule has 2 heterocycles. The average molecular weight is 552 g/mol. The number of hydrogen-bond acceptors (Lipinski definition) is 7. The van der Waals surface area contributed by atoms with Crippen LogP contribution in [0.15, 0.2) is 23.8 Å². The number of nitrogens with zero attached hydrogens (tertiary/aromatic N) is 5. The molecule has 0 aromatic heterocycles. The SMILES string of the molecule is CC(=O)N1CCN(c2ccc([N+](=O)[O-])cc2C=C2C(=O)N(C3CCCCC3)C(=O)N(C3CCCCC3)C2=O)CC1. The molecule has 2 saturated heterocycles. The van der Waals surface area contributed by atoms with Crippen molar-refractivity contribution in [2.75, 3.05) is 31.1 Å². The van der Waals surface area contributed by atoms with Gasteiger partial charge >= 0.3 is 6.03 Å². The number of rotatable bonds is 5. The molecular weight excluding hydrogens is 514 g/mol. The van der Waals surface area contributed by atoms with Gasteiger partial charge in [-0.1, -0.05) is 38.5 Å². The Balaban J connectivity index is 1.56. The normalized spacial score (nSPS) is 21.7. The molecule has 0 spiro atoms. The largest absolute Gasteiger partial charge is 0.367 e. The van der Waals surface area contributed by atoms with Gasteiger partial charge in [0.25, 0.3) is 17.5 Å². The fourth-order valence-corrected chi connectivity index (χ4v) is 6.56. The maximum Gasteiger partial charge on any atom is 0.334 e. The van der Waals surface area contributed by atoms with Crippen LogP contribution < -0.4 is 4.90 Å². The van der Waals surface area contributed by atoms with Crippen LogP contribution in [-0.4, -0.2) is 81.6 Å². The summed E-state index contributed by atoms with van der Waals surface area (Å²) in [5.74, 6) is -1.25. The van der Waals surface area contributed by atoms with Gasteiger partial charge in [-0.2, -0.15) is 0 Å². The zero-order valence-corrected chi connectivity index (χ0v) is 23.0. The Morgan fingerprint density at radius 1 is 0.850 bits per heavy atom. The minimum atomic E-state index is -0.618. The molecule has 11 nitrogen and oxygen atoms in total. The summed E-state index contributed by atoms with van der Waals surface area (Å²) in [5.41, 5.74) is 0.744. The molecule has 0 bridgehead atoms. The van der Waals surface area contributed by atoms with Gasteiger partial charge in [-0.15, -0.1) is 0 Å². The number of carbonyl (C=O) groups excluding carboxylic acids is 4. The summed E-state index contributed by atoms with van der Waals surface area (Å²) in [4.78, 5) is 70.9. The predicted molar refractivity (Wildman–Crippen MR) is 148 cm³/mol. The minimum Gasteiger partial charge on any atom is -0.367 e. The van der Waals surface area contributed by atoms with E-state index in [1.807, 2.05) is 4.90 Å². The van der Waals surface area contributed by atoms with Gasteiger partial charge in [-0.25, -0.2) is 4.79 Å². The molecule has 2 aliphatic carbocycles. The Labute approximate surface area is 233 Å². The van der Waals surface area contributed by atoms with Crippen LogP contribution in [0.5, 0.6) is 0 Å². The van der Waals surface area contributed by atoms with Crippen molar-refractivity contribution in [3.63, 3.8) is 0 Å².